The van der Waals surface area contributed by atoms with Gasteiger partial charge in [-0.1, -0.05) is 53.7 Å². The highest BCUT2D eigenvalue weighted by Gasteiger charge is 2.47. The van der Waals surface area contributed by atoms with E-state index < -0.39 is 22.7 Å². The first-order chi connectivity index (χ1) is 12.8. The van der Waals surface area contributed by atoms with Crippen LogP contribution in [0.3, 0.4) is 0 Å². The molecule has 6 nitrogen and oxygen atoms in total. The molecule has 3 rings (SSSR count). The van der Waals surface area contributed by atoms with Crippen molar-refractivity contribution in [1.82, 2.24) is 5.32 Å². The fourth-order valence-electron chi connectivity index (χ4n) is 2.68. The average molecular weight is 403 g/mol. The zero-order chi connectivity index (χ0) is 19.6. The molecular formula is C19H19ClN4O2S. The summed E-state index contributed by atoms with van der Waals surface area (Å²) in [5, 5.41) is 8.34. The molecule has 27 heavy (non-hydrogen) atoms. The van der Waals surface area contributed by atoms with E-state index in [1.54, 1.807) is 13.8 Å². The van der Waals surface area contributed by atoms with Crippen LogP contribution in [-0.2, 0) is 9.59 Å². The number of fused-ring (bicyclic) bond motifs is 1. The number of carbonyl (C=O) groups is 2. The number of primary amides is 1. The minimum atomic E-state index is -1.27. The fraction of sp³-hybridized carbons (Fsp3) is 0.211. The Morgan fingerprint density at radius 1 is 1.26 bits per heavy atom. The van der Waals surface area contributed by atoms with Crippen LogP contribution >= 0.6 is 23.4 Å². The molecule has 0 fully saturated rings. The van der Waals surface area contributed by atoms with Gasteiger partial charge in [0, 0.05) is 16.8 Å². The summed E-state index contributed by atoms with van der Waals surface area (Å²) in [5.41, 5.74) is 5.11. The number of carbonyl (C=O) groups excluding carboxylic acids is 2. The lowest BCUT2D eigenvalue weighted by Gasteiger charge is -2.24. The van der Waals surface area contributed by atoms with Crippen LogP contribution in [-0.4, -0.2) is 27.9 Å². The number of anilines is 1. The van der Waals surface area contributed by atoms with Gasteiger partial charge in [-0.2, -0.15) is 0 Å². The Balaban J connectivity index is 1.82. The van der Waals surface area contributed by atoms with E-state index in [9.17, 15) is 9.59 Å². The molecule has 2 aromatic carbocycles. The van der Waals surface area contributed by atoms with Gasteiger partial charge < -0.3 is 16.4 Å². The lowest BCUT2D eigenvalue weighted by atomic mass is 10.0. The summed E-state index contributed by atoms with van der Waals surface area (Å²) < 4.78 is 0. The lowest BCUT2D eigenvalue weighted by Crippen LogP contribution is -2.53. The molecule has 1 heterocycles. The SMILES string of the molecule is C/C(Cl)=C/C(=O)NC1SC(Nc2ccc3ccccc3c2)=NC1(C)C(N)=O. The van der Waals surface area contributed by atoms with Crippen LogP contribution in [0.2, 0.25) is 0 Å². The number of rotatable bonds is 4. The molecule has 2 atom stereocenters. The lowest BCUT2D eigenvalue weighted by molar-refractivity contribution is -0.123. The number of aliphatic imine (C=N–C) groups is 1. The van der Waals surface area contributed by atoms with Gasteiger partial charge in [-0.15, -0.1) is 0 Å². The third-order valence-corrected chi connectivity index (χ3v) is 5.51. The molecule has 2 amide bonds. The van der Waals surface area contributed by atoms with Gasteiger partial charge in [0.15, 0.2) is 10.7 Å². The first-order valence-electron chi connectivity index (χ1n) is 8.24. The maximum absolute atomic E-state index is 12.0. The Hall–Kier alpha value is -2.51. The zero-order valence-corrected chi connectivity index (χ0v) is 16.4. The van der Waals surface area contributed by atoms with Gasteiger partial charge in [-0.25, -0.2) is 4.99 Å². The Morgan fingerprint density at radius 3 is 2.63 bits per heavy atom. The normalized spacial score (nSPS) is 22.4. The number of nitrogens with one attached hydrogen (secondary N) is 2. The van der Waals surface area contributed by atoms with Gasteiger partial charge in [-0.05, 0) is 36.8 Å². The molecule has 0 aromatic heterocycles. The van der Waals surface area contributed by atoms with E-state index in [0.717, 1.165) is 16.5 Å². The Kier molecular flexibility index (Phi) is 5.43. The van der Waals surface area contributed by atoms with E-state index in [4.69, 9.17) is 17.3 Å². The molecule has 8 heteroatoms. The second-order valence-corrected chi connectivity index (χ2v) is 8.04. The summed E-state index contributed by atoms with van der Waals surface area (Å²) in [6.07, 6.45) is 1.25. The molecule has 0 spiro atoms. The topological polar surface area (TPSA) is 96.6 Å². The summed E-state index contributed by atoms with van der Waals surface area (Å²) >= 11 is 6.97. The van der Waals surface area contributed by atoms with Crippen molar-refractivity contribution < 1.29 is 9.59 Å². The second-order valence-electron chi connectivity index (χ2n) is 6.35. The summed E-state index contributed by atoms with van der Waals surface area (Å²) in [6, 6.07) is 13.9. The number of hydrogen-bond acceptors (Lipinski definition) is 5. The van der Waals surface area contributed by atoms with E-state index in [1.807, 2.05) is 42.5 Å². The third-order valence-electron chi connectivity index (χ3n) is 4.18. The third kappa shape index (κ3) is 4.26. The number of halogens is 1. The van der Waals surface area contributed by atoms with Crippen LogP contribution in [0, 0.1) is 0 Å². The van der Waals surface area contributed by atoms with Gasteiger partial charge in [0.1, 0.15) is 5.37 Å². The predicted molar refractivity (Wildman–Crippen MR) is 112 cm³/mol. The molecule has 0 saturated heterocycles. The quantitative estimate of drug-likeness (QED) is 0.684. The molecule has 1 aliphatic heterocycles. The average Bonchev–Trinajstić information content (AvgIpc) is 2.90. The van der Waals surface area contributed by atoms with Crippen molar-refractivity contribution in [3.63, 3.8) is 0 Å². The first kappa shape index (κ1) is 19.3. The van der Waals surface area contributed by atoms with Crippen LogP contribution < -0.4 is 16.4 Å². The van der Waals surface area contributed by atoms with E-state index in [-0.39, 0.29) is 0 Å². The summed E-state index contributed by atoms with van der Waals surface area (Å²) in [5.74, 6) is -1.03. The van der Waals surface area contributed by atoms with Crippen LogP contribution in [0.4, 0.5) is 5.69 Å². The number of benzene rings is 2. The van der Waals surface area contributed by atoms with Crippen LogP contribution in [0.25, 0.3) is 10.8 Å². The van der Waals surface area contributed by atoms with Crippen molar-refractivity contribution in [2.24, 2.45) is 10.7 Å². The Labute approximate surface area is 166 Å². The number of allylic oxidation sites excluding steroid dienone is 1. The molecule has 0 bridgehead atoms. The van der Waals surface area contributed by atoms with Crippen molar-refractivity contribution in [3.8, 4) is 0 Å². The highest BCUT2D eigenvalue weighted by atomic mass is 35.5. The predicted octanol–water partition coefficient (Wildman–Crippen LogP) is 3.18. The molecule has 4 N–H and O–H groups in total. The zero-order valence-electron chi connectivity index (χ0n) is 14.8. The van der Waals surface area contributed by atoms with E-state index in [2.05, 4.69) is 15.6 Å². The van der Waals surface area contributed by atoms with Crippen molar-refractivity contribution in [3.05, 3.63) is 53.6 Å². The highest BCUT2D eigenvalue weighted by molar-refractivity contribution is 8.15. The minimum Gasteiger partial charge on any atom is -0.367 e. The van der Waals surface area contributed by atoms with Crippen molar-refractivity contribution in [2.45, 2.75) is 24.8 Å². The fourth-order valence-corrected chi connectivity index (χ4v) is 3.99. The molecule has 0 radical (unpaired) electrons. The van der Waals surface area contributed by atoms with Crippen LogP contribution in [0.15, 0.2) is 58.6 Å². The Morgan fingerprint density at radius 2 is 1.96 bits per heavy atom. The monoisotopic (exact) mass is 402 g/mol. The number of nitrogens with zero attached hydrogens (tertiary/aromatic N) is 1. The molecule has 2 unspecified atom stereocenters. The van der Waals surface area contributed by atoms with Crippen LogP contribution in [0.5, 0.6) is 0 Å². The molecule has 0 saturated carbocycles. The largest absolute Gasteiger partial charge is 0.367 e. The van der Waals surface area contributed by atoms with E-state index in [1.165, 1.54) is 17.8 Å². The van der Waals surface area contributed by atoms with Crippen molar-refractivity contribution >= 4 is 56.8 Å². The number of thioether (sulfide) groups is 1. The summed E-state index contributed by atoms with van der Waals surface area (Å²) in [6.45, 7) is 3.19. The van der Waals surface area contributed by atoms with Gasteiger partial charge in [0.05, 0.1) is 0 Å². The smallest absolute Gasteiger partial charge is 0.248 e. The highest BCUT2D eigenvalue weighted by Crippen LogP contribution is 2.35. The van der Waals surface area contributed by atoms with Gasteiger partial charge in [0.2, 0.25) is 11.8 Å². The summed E-state index contributed by atoms with van der Waals surface area (Å²) in [7, 11) is 0. The molecular weight excluding hydrogens is 384 g/mol. The van der Waals surface area contributed by atoms with E-state index >= 15 is 0 Å². The number of amides is 2. The van der Waals surface area contributed by atoms with E-state index in [0.29, 0.717) is 10.2 Å². The molecule has 2 aromatic rings. The second kappa shape index (κ2) is 7.62. The number of nitrogens with two attached hydrogens (primary N) is 1. The van der Waals surface area contributed by atoms with Crippen molar-refractivity contribution in [2.75, 3.05) is 5.32 Å². The standard InChI is InChI=1S/C19H19ClN4O2S/c1-11(20)9-15(25)23-17-19(2,16(21)26)24-18(27-17)22-14-8-7-12-5-3-4-6-13(12)10-14/h3-10,17H,1-2H3,(H2,21,26)(H,22,24)(H,23,25)/b11-9-. The van der Waals surface area contributed by atoms with Gasteiger partial charge in [-0.3, -0.25) is 9.59 Å². The molecule has 140 valence electrons. The number of amidine groups is 1. The Bertz CT molecular complexity index is 971. The molecule has 1 aliphatic rings. The van der Waals surface area contributed by atoms with Gasteiger partial charge in [0.25, 0.3) is 0 Å². The van der Waals surface area contributed by atoms with Crippen molar-refractivity contribution in [1.29, 1.82) is 0 Å². The van der Waals surface area contributed by atoms with Gasteiger partial charge >= 0.3 is 0 Å². The maximum Gasteiger partial charge on any atom is 0.248 e. The van der Waals surface area contributed by atoms with Crippen LogP contribution in [0.1, 0.15) is 13.8 Å². The first-order valence-corrected chi connectivity index (χ1v) is 9.50. The maximum atomic E-state index is 12.0. The number of hydrogen-bond donors (Lipinski definition) is 3. The summed E-state index contributed by atoms with van der Waals surface area (Å²) in [4.78, 5) is 28.4. The molecule has 0 aliphatic carbocycles. The minimum absolute atomic E-state index is 0.340.